The lowest BCUT2D eigenvalue weighted by atomic mass is 10.3. The Kier molecular flexibility index (Phi) is 5.80. The lowest BCUT2D eigenvalue weighted by Crippen LogP contribution is -2.22. The fourth-order valence-corrected chi connectivity index (χ4v) is 2.09. The number of methoxy groups -OCH3 is 1. The van der Waals surface area contributed by atoms with Gasteiger partial charge in [0.1, 0.15) is 11.4 Å². The molecule has 3 aromatic rings. The normalized spacial score (nSPS) is 11.1. The van der Waals surface area contributed by atoms with Gasteiger partial charge >= 0.3 is 0 Å². The molecule has 0 spiro atoms. The van der Waals surface area contributed by atoms with Gasteiger partial charge in [0.15, 0.2) is 5.96 Å². The molecule has 0 atom stereocenters. The van der Waals surface area contributed by atoms with Crippen molar-refractivity contribution in [2.75, 3.05) is 12.4 Å². The second-order valence-corrected chi connectivity index (χ2v) is 4.75. The lowest BCUT2D eigenvalue weighted by Gasteiger charge is -2.06. The Hall–Kier alpha value is -2.29. The van der Waals surface area contributed by atoms with Crippen LogP contribution in [0.15, 0.2) is 59.9 Å². The van der Waals surface area contributed by atoms with E-state index in [1.807, 2.05) is 59.3 Å². The van der Waals surface area contributed by atoms with Gasteiger partial charge in [-0.25, -0.2) is 9.98 Å². The minimum Gasteiger partial charge on any atom is -0.497 e. The molecule has 0 amide bonds. The second-order valence-electron chi connectivity index (χ2n) is 4.75. The first-order valence-corrected chi connectivity index (χ1v) is 6.88. The molecular weight excluding hydrogens is 405 g/mol. The second kappa shape index (κ2) is 7.82. The molecule has 0 aliphatic rings. The van der Waals surface area contributed by atoms with Gasteiger partial charge in [-0.05, 0) is 36.4 Å². The number of hydrogen-bond acceptors (Lipinski definition) is 3. The number of nitrogens with two attached hydrogens (primary N) is 1. The van der Waals surface area contributed by atoms with Crippen LogP contribution < -0.4 is 15.8 Å². The van der Waals surface area contributed by atoms with Crippen molar-refractivity contribution in [1.29, 1.82) is 0 Å². The first kappa shape index (κ1) is 17.1. The predicted molar refractivity (Wildman–Crippen MR) is 103 cm³/mol. The fourth-order valence-electron chi connectivity index (χ4n) is 2.09. The number of fused-ring (bicyclic) bond motifs is 1. The SMILES string of the molecule is COc1ccc(NC(N)=NCc2cn3ccccc3n2)cc1.I. The highest BCUT2D eigenvalue weighted by Gasteiger charge is 2.01. The number of aliphatic imine (C=N–C) groups is 1. The zero-order valence-electron chi connectivity index (χ0n) is 12.6. The van der Waals surface area contributed by atoms with Gasteiger partial charge in [0.2, 0.25) is 0 Å². The first-order chi connectivity index (χ1) is 10.7. The number of guanidine groups is 1. The van der Waals surface area contributed by atoms with Gasteiger partial charge in [0.25, 0.3) is 0 Å². The standard InChI is InChI=1S/C16H17N5O.HI/c1-22-14-7-5-12(6-8-14)20-16(17)18-10-13-11-21-9-3-2-4-15(21)19-13;/h2-9,11H,10H2,1H3,(H3,17,18,20);1H. The number of hydrogen-bond donors (Lipinski definition) is 2. The third kappa shape index (κ3) is 4.35. The third-order valence-electron chi connectivity index (χ3n) is 3.19. The van der Waals surface area contributed by atoms with Crippen LogP contribution in [0.2, 0.25) is 0 Å². The topological polar surface area (TPSA) is 76.9 Å². The molecular formula is C16H18IN5O. The van der Waals surface area contributed by atoms with Crippen LogP contribution in [0, 0.1) is 0 Å². The van der Waals surface area contributed by atoms with Crippen LogP contribution in [-0.4, -0.2) is 22.5 Å². The molecule has 0 fully saturated rings. The Bertz CT molecular complexity index is 765. The fraction of sp³-hybridized carbons (Fsp3) is 0.125. The van der Waals surface area contributed by atoms with Gasteiger partial charge in [-0.1, -0.05) is 6.07 Å². The number of aromatic nitrogens is 2. The summed E-state index contributed by atoms with van der Waals surface area (Å²) in [4.78, 5) is 8.77. The molecule has 2 heterocycles. The van der Waals surface area contributed by atoms with Crippen LogP contribution >= 0.6 is 24.0 Å². The number of halogens is 1. The van der Waals surface area contributed by atoms with Crippen molar-refractivity contribution in [3.63, 3.8) is 0 Å². The van der Waals surface area contributed by atoms with E-state index >= 15 is 0 Å². The maximum Gasteiger partial charge on any atom is 0.193 e. The van der Waals surface area contributed by atoms with E-state index < -0.39 is 0 Å². The summed E-state index contributed by atoms with van der Waals surface area (Å²) < 4.78 is 7.06. The van der Waals surface area contributed by atoms with Crippen molar-refractivity contribution in [3.05, 3.63) is 60.6 Å². The van der Waals surface area contributed by atoms with Crippen molar-refractivity contribution in [1.82, 2.24) is 9.38 Å². The van der Waals surface area contributed by atoms with Crippen molar-refractivity contribution in [3.8, 4) is 5.75 Å². The Morgan fingerprint density at radius 3 is 2.74 bits per heavy atom. The molecule has 0 aliphatic heterocycles. The van der Waals surface area contributed by atoms with Crippen molar-refractivity contribution >= 4 is 41.3 Å². The zero-order valence-corrected chi connectivity index (χ0v) is 15.0. The molecule has 0 unspecified atom stereocenters. The van der Waals surface area contributed by atoms with Gasteiger partial charge in [-0.15, -0.1) is 24.0 Å². The smallest absolute Gasteiger partial charge is 0.193 e. The van der Waals surface area contributed by atoms with Crippen LogP contribution in [0.5, 0.6) is 5.75 Å². The van der Waals surface area contributed by atoms with Gasteiger partial charge in [0, 0.05) is 18.1 Å². The van der Waals surface area contributed by atoms with Crippen LogP contribution in [-0.2, 0) is 6.54 Å². The first-order valence-electron chi connectivity index (χ1n) is 6.88. The van der Waals surface area contributed by atoms with Crippen molar-refractivity contribution in [2.24, 2.45) is 10.7 Å². The average molecular weight is 423 g/mol. The summed E-state index contributed by atoms with van der Waals surface area (Å²) in [6.07, 6.45) is 3.90. The van der Waals surface area contributed by atoms with E-state index in [0.29, 0.717) is 12.5 Å². The molecule has 0 radical (unpaired) electrons. The maximum absolute atomic E-state index is 5.89. The Morgan fingerprint density at radius 1 is 1.26 bits per heavy atom. The predicted octanol–water partition coefficient (Wildman–Crippen LogP) is 2.89. The van der Waals surface area contributed by atoms with Crippen LogP contribution in [0.25, 0.3) is 5.65 Å². The summed E-state index contributed by atoms with van der Waals surface area (Å²) >= 11 is 0. The van der Waals surface area contributed by atoms with Crippen LogP contribution in [0.3, 0.4) is 0 Å². The van der Waals surface area contributed by atoms with E-state index in [-0.39, 0.29) is 24.0 Å². The molecule has 1 aromatic carbocycles. The highest BCUT2D eigenvalue weighted by molar-refractivity contribution is 14.0. The molecule has 23 heavy (non-hydrogen) atoms. The van der Waals surface area contributed by atoms with E-state index in [1.54, 1.807) is 7.11 Å². The summed E-state index contributed by atoms with van der Waals surface area (Å²) in [5.74, 6) is 1.15. The minimum absolute atomic E-state index is 0. The van der Waals surface area contributed by atoms with Crippen molar-refractivity contribution in [2.45, 2.75) is 6.54 Å². The number of ether oxygens (including phenoxy) is 1. The number of benzene rings is 1. The summed E-state index contributed by atoms with van der Waals surface area (Å²) in [7, 11) is 1.63. The molecule has 0 bridgehead atoms. The highest BCUT2D eigenvalue weighted by atomic mass is 127. The number of nitrogens with one attached hydrogen (secondary N) is 1. The largest absolute Gasteiger partial charge is 0.497 e. The molecule has 0 saturated heterocycles. The highest BCUT2D eigenvalue weighted by Crippen LogP contribution is 2.14. The number of anilines is 1. The maximum atomic E-state index is 5.89. The monoisotopic (exact) mass is 423 g/mol. The third-order valence-corrected chi connectivity index (χ3v) is 3.19. The molecule has 120 valence electrons. The summed E-state index contributed by atoms with van der Waals surface area (Å²) in [6, 6.07) is 13.3. The summed E-state index contributed by atoms with van der Waals surface area (Å²) in [5.41, 5.74) is 8.51. The molecule has 3 N–H and O–H groups in total. The average Bonchev–Trinajstić information content (AvgIpc) is 2.96. The zero-order chi connectivity index (χ0) is 15.4. The van der Waals surface area contributed by atoms with Gasteiger partial charge < -0.3 is 20.2 Å². The van der Waals surface area contributed by atoms with Crippen LogP contribution in [0.4, 0.5) is 5.69 Å². The number of nitrogens with zero attached hydrogens (tertiary/aromatic N) is 3. The van der Waals surface area contributed by atoms with E-state index in [1.165, 1.54) is 0 Å². The molecule has 6 nitrogen and oxygen atoms in total. The van der Waals surface area contributed by atoms with Gasteiger partial charge in [0.05, 0.1) is 19.3 Å². The minimum atomic E-state index is 0. The van der Waals surface area contributed by atoms with E-state index in [4.69, 9.17) is 10.5 Å². The Morgan fingerprint density at radius 2 is 2.04 bits per heavy atom. The summed E-state index contributed by atoms with van der Waals surface area (Å²) in [5, 5.41) is 3.03. The molecule has 0 saturated carbocycles. The summed E-state index contributed by atoms with van der Waals surface area (Å²) in [6.45, 7) is 0.427. The lowest BCUT2D eigenvalue weighted by molar-refractivity contribution is 0.415. The van der Waals surface area contributed by atoms with E-state index in [9.17, 15) is 0 Å². The van der Waals surface area contributed by atoms with Gasteiger partial charge in [-0.2, -0.15) is 0 Å². The quantitative estimate of drug-likeness (QED) is 0.385. The van der Waals surface area contributed by atoms with Gasteiger partial charge in [-0.3, -0.25) is 0 Å². The van der Waals surface area contributed by atoms with Crippen LogP contribution in [0.1, 0.15) is 5.69 Å². The van der Waals surface area contributed by atoms with E-state index in [2.05, 4.69) is 15.3 Å². The number of pyridine rings is 1. The molecule has 3 rings (SSSR count). The number of rotatable bonds is 4. The molecule has 7 heteroatoms. The molecule has 2 aromatic heterocycles. The molecule has 0 aliphatic carbocycles. The van der Waals surface area contributed by atoms with Crippen molar-refractivity contribution < 1.29 is 4.74 Å². The Balaban J connectivity index is 0.00000192. The Labute approximate surface area is 151 Å². The number of imidazole rings is 1. The van der Waals surface area contributed by atoms with E-state index in [0.717, 1.165) is 22.8 Å².